The Bertz CT molecular complexity index is 642. The lowest BCUT2D eigenvalue weighted by atomic mass is 10.1. The van der Waals surface area contributed by atoms with Gasteiger partial charge in [0.1, 0.15) is 0 Å². The standard InChI is InChI=1S/C19H24N2OS/c1-2-15-11-12-23-18(15)19(22)21-17-9-7-16(8-10-17)20-13-14-5-3-4-6-14/h7-12,14,20H,2-6,13H2,1H3,(H,21,22). The number of benzene rings is 1. The molecule has 0 bridgehead atoms. The Kier molecular flexibility index (Phi) is 5.34. The van der Waals surface area contributed by atoms with Crippen molar-refractivity contribution < 1.29 is 4.79 Å². The highest BCUT2D eigenvalue weighted by atomic mass is 32.1. The van der Waals surface area contributed by atoms with Crippen LogP contribution in [-0.4, -0.2) is 12.5 Å². The summed E-state index contributed by atoms with van der Waals surface area (Å²) in [7, 11) is 0. The SMILES string of the molecule is CCc1ccsc1C(=O)Nc1ccc(NCC2CCCC2)cc1. The van der Waals surface area contributed by atoms with E-state index in [1.54, 1.807) is 0 Å². The maximum Gasteiger partial charge on any atom is 0.266 e. The quantitative estimate of drug-likeness (QED) is 0.768. The Hall–Kier alpha value is -1.81. The molecule has 1 aromatic heterocycles. The summed E-state index contributed by atoms with van der Waals surface area (Å²) in [5, 5.41) is 8.47. The van der Waals surface area contributed by atoms with E-state index >= 15 is 0 Å². The first-order chi connectivity index (χ1) is 11.3. The van der Waals surface area contributed by atoms with Crippen molar-refractivity contribution in [2.75, 3.05) is 17.2 Å². The molecule has 122 valence electrons. The Labute approximate surface area is 142 Å². The fraction of sp³-hybridized carbons (Fsp3) is 0.421. The number of aryl methyl sites for hydroxylation is 1. The predicted molar refractivity (Wildman–Crippen MR) is 98.5 cm³/mol. The van der Waals surface area contributed by atoms with Gasteiger partial charge in [-0.05, 0) is 66.5 Å². The molecule has 1 amide bonds. The lowest BCUT2D eigenvalue weighted by Crippen LogP contribution is -2.12. The van der Waals surface area contributed by atoms with Gasteiger partial charge in [0.25, 0.3) is 5.91 Å². The van der Waals surface area contributed by atoms with Gasteiger partial charge in [-0.3, -0.25) is 4.79 Å². The average Bonchev–Trinajstić information content (AvgIpc) is 3.25. The number of carbonyl (C=O) groups is 1. The molecule has 0 atom stereocenters. The highest BCUT2D eigenvalue weighted by Crippen LogP contribution is 2.25. The van der Waals surface area contributed by atoms with E-state index in [2.05, 4.69) is 17.6 Å². The summed E-state index contributed by atoms with van der Waals surface area (Å²) in [4.78, 5) is 13.1. The van der Waals surface area contributed by atoms with E-state index in [9.17, 15) is 4.79 Å². The normalized spacial score (nSPS) is 14.8. The summed E-state index contributed by atoms with van der Waals surface area (Å²) in [6.45, 7) is 3.13. The maximum absolute atomic E-state index is 12.3. The number of amides is 1. The second-order valence-corrected chi connectivity index (χ2v) is 7.11. The molecule has 1 fully saturated rings. The topological polar surface area (TPSA) is 41.1 Å². The molecule has 0 radical (unpaired) electrons. The Balaban J connectivity index is 1.55. The summed E-state index contributed by atoms with van der Waals surface area (Å²) in [5.74, 6) is 0.809. The molecule has 1 aromatic carbocycles. The summed E-state index contributed by atoms with van der Waals surface area (Å²) in [6, 6.07) is 10.0. The van der Waals surface area contributed by atoms with E-state index in [0.717, 1.165) is 40.7 Å². The smallest absolute Gasteiger partial charge is 0.266 e. The van der Waals surface area contributed by atoms with Crippen molar-refractivity contribution >= 4 is 28.6 Å². The zero-order valence-corrected chi connectivity index (χ0v) is 14.4. The van der Waals surface area contributed by atoms with Crippen molar-refractivity contribution in [3.05, 3.63) is 46.2 Å². The highest BCUT2D eigenvalue weighted by molar-refractivity contribution is 7.12. The van der Waals surface area contributed by atoms with E-state index in [-0.39, 0.29) is 5.91 Å². The minimum Gasteiger partial charge on any atom is -0.385 e. The van der Waals surface area contributed by atoms with Crippen molar-refractivity contribution in [1.29, 1.82) is 0 Å². The molecule has 2 N–H and O–H groups in total. The van der Waals surface area contributed by atoms with Gasteiger partial charge in [0.15, 0.2) is 0 Å². The Morgan fingerprint density at radius 2 is 1.83 bits per heavy atom. The van der Waals surface area contributed by atoms with Crippen molar-refractivity contribution in [1.82, 2.24) is 0 Å². The fourth-order valence-electron chi connectivity index (χ4n) is 3.15. The monoisotopic (exact) mass is 328 g/mol. The highest BCUT2D eigenvalue weighted by Gasteiger charge is 2.14. The molecule has 2 aromatic rings. The number of thiophene rings is 1. The van der Waals surface area contributed by atoms with Crippen molar-refractivity contribution in [2.24, 2.45) is 5.92 Å². The molecule has 4 heteroatoms. The third-order valence-corrected chi connectivity index (χ3v) is 5.50. The molecule has 23 heavy (non-hydrogen) atoms. The molecule has 0 spiro atoms. The first-order valence-electron chi connectivity index (χ1n) is 8.48. The van der Waals surface area contributed by atoms with Gasteiger partial charge in [-0.15, -0.1) is 11.3 Å². The maximum atomic E-state index is 12.3. The molecule has 1 saturated carbocycles. The third kappa shape index (κ3) is 4.14. The Morgan fingerprint density at radius 3 is 2.52 bits per heavy atom. The first-order valence-corrected chi connectivity index (χ1v) is 9.36. The molecule has 3 nitrogen and oxygen atoms in total. The number of anilines is 2. The van der Waals surface area contributed by atoms with Crippen LogP contribution in [0.5, 0.6) is 0 Å². The predicted octanol–water partition coefficient (Wildman–Crippen LogP) is 5.16. The van der Waals surface area contributed by atoms with Crippen LogP contribution in [-0.2, 0) is 6.42 Å². The molecule has 1 aliphatic rings. The second kappa shape index (κ2) is 7.64. The number of hydrogen-bond donors (Lipinski definition) is 2. The van der Waals surface area contributed by atoms with Crippen LogP contribution in [0.4, 0.5) is 11.4 Å². The van der Waals surface area contributed by atoms with Gasteiger partial charge >= 0.3 is 0 Å². The van der Waals surface area contributed by atoms with Crippen LogP contribution in [0.1, 0.15) is 47.8 Å². The first kappa shape index (κ1) is 16.1. The Morgan fingerprint density at radius 1 is 1.13 bits per heavy atom. The largest absolute Gasteiger partial charge is 0.385 e. The van der Waals surface area contributed by atoms with Gasteiger partial charge in [-0.2, -0.15) is 0 Å². The van der Waals surface area contributed by atoms with Crippen LogP contribution >= 0.6 is 11.3 Å². The van der Waals surface area contributed by atoms with E-state index in [4.69, 9.17) is 0 Å². The number of carbonyl (C=O) groups excluding carboxylic acids is 1. The van der Waals surface area contributed by atoms with Crippen LogP contribution in [0, 0.1) is 5.92 Å². The molecule has 3 rings (SSSR count). The van der Waals surface area contributed by atoms with Gasteiger partial charge in [0.05, 0.1) is 4.88 Å². The van der Waals surface area contributed by atoms with Gasteiger partial charge in [0, 0.05) is 17.9 Å². The summed E-state index contributed by atoms with van der Waals surface area (Å²) >= 11 is 1.50. The zero-order chi connectivity index (χ0) is 16.1. The lowest BCUT2D eigenvalue weighted by Gasteiger charge is -2.12. The van der Waals surface area contributed by atoms with Crippen LogP contribution < -0.4 is 10.6 Å². The van der Waals surface area contributed by atoms with Crippen molar-refractivity contribution in [3.63, 3.8) is 0 Å². The summed E-state index contributed by atoms with van der Waals surface area (Å²) < 4.78 is 0. The molecule has 1 aliphatic carbocycles. The molecular weight excluding hydrogens is 304 g/mol. The van der Waals surface area contributed by atoms with Gasteiger partial charge in [-0.25, -0.2) is 0 Å². The van der Waals surface area contributed by atoms with Crippen LogP contribution in [0.3, 0.4) is 0 Å². The summed E-state index contributed by atoms with van der Waals surface area (Å²) in [6.07, 6.45) is 6.33. The molecule has 0 saturated heterocycles. The van der Waals surface area contributed by atoms with Crippen molar-refractivity contribution in [2.45, 2.75) is 39.0 Å². The van der Waals surface area contributed by atoms with Crippen LogP contribution in [0.2, 0.25) is 0 Å². The fourth-order valence-corrected chi connectivity index (χ4v) is 4.04. The van der Waals surface area contributed by atoms with E-state index in [0.29, 0.717) is 0 Å². The van der Waals surface area contributed by atoms with Crippen molar-refractivity contribution in [3.8, 4) is 0 Å². The molecule has 1 heterocycles. The third-order valence-electron chi connectivity index (χ3n) is 4.55. The zero-order valence-electron chi connectivity index (χ0n) is 13.6. The minimum atomic E-state index is -0.0106. The number of hydrogen-bond acceptors (Lipinski definition) is 3. The molecular formula is C19H24N2OS. The van der Waals surface area contributed by atoms with E-state index in [1.165, 1.54) is 37.0 Å². The molecule has 0 aliphatic heterocycles. The second-order valence-electron chi connectivity index (χ2n) is 6.19. The van der Waals surface area contributed by atoms with Crippen LogP contribution in [0.25, 0.3) is 0 Å². The van der Waals surface area contributed by atoms with Gasteiger partial charge in [0.2, 0.25) is 0 Å². The minimum absolute atomic E-state index is 0.0106. The van der Waals surface area contributed by atoms with E-state index < -0.39 is 0 Å². The van der Waals surface area contributed by atoms with Gasteiger partial charge in [-0.1, -0.05) is 19.8 Å². The number of rotatable bonds is 6. The number of nitrogens with one attached hydrogen (secondary N) is 2. The molecule has 0 unspecified atom stereocenters. The van der Waals surface area contributed by atoms with E-state index in [1.807, 2.05) is 35.7 Å². The van der Waals surface area contributed by atoms with Gasteiger partial charge < -0.3 is 10.6 Å². The lowest BCUT2D eigenvalue weighted by molar-refractivity contribution is 0.103. The summed E-state index contributed by atoms with van der Waals surface area (Å²) in [5.41, 5.74) is 3.08. The van der Waals surface area contributed by atoms with Crippen LogP contribution in [0.15, 0.2) is 35.7 Å². The average molecular weight is 328 g/mol.